The highest BCUT2D eigenvalue weighted by Crippen LogP contribution is 2.42. The van der Waals surface area contributed by atoms with Crippen LogP contribution in [0.15, 0.2) is 40.2 Å². The summed E-state index contributed by atoms with van der Waals surface area (Å²) >= 11 is 1.31. The van der Waals surface area contributed by atoms with Crippen LogP contribution in [0.25, 0.3) is 6.08 Å². The Morgan fingerprint density at radius 3 is 2.48 bits per heavy atom. The Labute approximate surface area is 174 Å². The first-order chi connectivity index (χ1) is 14.0. The van der Waals surface area contributed by atoms with Crippen molar-refractivity contribution in [3.8, 4) is 17.2 Å². The molecule has 2 aromatic rings. The average molecular weight is 413 g/mol. The lowest BCUT2D eigenvalue weighted by Gasteiger charge is -2.14. The minimum absolute atomic E-state index is 0.110. The van der Waals surface area contributed by atoms with E-state index in [9.17, 15) is 4.79 Å². The summed E-state index contributed by atoms with van der Waals surface area (Å²) in [5.41, 5.74) is 1.59. The number of rotatable bonds is 6. The Morgan fingerprint density at radius 2 is 1.86 bits per heavy atom. The van der Waals surface area contributed by atoms with Crippen LogP contribution in [0.5, 0.6) is 17.2 Å². The molecule has 1 fully saturated rings. The fraction of sp³-hybridized carbons (Fsp3) is 0.286. The summed E-state index contributed by atoms with van der Waals surface area (Å²) in [5.74, 6) is 2.00. The summed E-state index contributed by atoms with van der Waals surface area (Å²) in [6.45, 7) is 4.33. The molecule has 29 heavy (non-hydrogen) atoms. The second-order valence-corrected chi connectivity index (χ2v) is 7.12. The van der Waals surface area contributed by atoms with Gasteiger partial charge in [-0.2, -0.15) is 0 Å². The Bertz CT molecular complexity index is 988. The fourth-order valence-electron chi connectivity index (χ4n) is 2.94. The summed E-state index contributed by atoms with van der Waals surface area (Å²) in [7, 11) is 4.66. The molecule has 0 saturated carbocycles. The molecule has 1 saturated heterocycles. The number of pyridine rings is 1. The van der Waals surface area contributed by atoms with Crippen molar-refractivity contribution in [3.05, 3.63) is 46.5 Å². The van der Waals surface area contributed by atoms with Crippen LogP contribution in [0.2, 0.25) is 0 Å². The van der Waals surface area contributed by atoms with Gasteiger partial charge in [0.1, 0.15) is 0 Å². The average Bonchev–Trinajstić information content (AvgIpc) is 3.01. The number of amidine groups is 1. The number of likely N-dealkylation sites (N-methyl/N-ethyl adjacent to an activating group) is 1. The molecule has 3 rings (SSSR count). The van der Waals surface area contributed by atoms with Crippen molar-refractivity contribution in [1.82, 2.24) is 9.88 Å². The van der Waals surface area contributed by atoms with Crippen molar-refractivity contribution in [2.45, 2.75) is 13.8 Å². The molecule has 1 aromatic carbocycles. The molecule has 2 heterocycles. The van der Waals surface area contributed by atoms with Crippen LogP contribution < -0.4 is 14.2 Å². The van der Waals surface area contributed by atoms with Crippen molar-refractivity contribution < 1.29 is 19.0 Å². The van der Waals surface area contributed by atoms with E-state index < -0.39 is 0 Å². The molecule has 1 aromatic heterocycles. The van der Waals surface area contributed by atoms with Gasteiger partial charge in [-0.25, -0.2) is 9.98 Å². The third-order valence-corrected chi connectivity index (χ3v) is 5.32. The minimum Gasteiger partial charge on any atom is -0.493 e. The van der Waals surface area contributed by atoms with E-state index >= 15 is 0 Å². The second kappa shape index (κ2) is 9.00. The van der Waals surface area contributed by atoms with E-state index in [1.807, 2.05) is 38.1 Å². The molecule has 1 aliphatic rings. The normalized spacial score (nSPS) is 16.6. The lowest BCUT2D eigenvalue weighted by atomic mass is 10.1. The molecule has 1 amide bonds. The zero-order valence-corrected chi connectivity index (χ0v) is 17.9. The predicted molar refractivity (Wildman–Crippen MR) is 115 cm³/mol. The van der Waals surface area contributed by atoms with Crippen LogP contribution in [-0.4, -0.2) is 48.8 Å². The molecule has 0 spiro atoms. The highest BCUT2D eigenvalue weighted by atomic mass is 32.2. The largest absolute Gasteiger partial charge is 0.493 e. The zero-order chi connectivity index (χ0) is 21.0. The molecule has 8 heteroatoms. The lowest BCUT2D eigenvalue weighted by molar-refractivity contribution is -0.122. The Kier molecular flexibility index (Phi) is 6.43. The van der Waals surface area contributed by atoms with Gasteiger partial charge in [0.05, 0.1) is 26.2 Å². The van der Waals surface area contributed by atoms with Crippen molar-refractivity contribution in [2.75, 3.05) is 27.9 Å². The number of hydrogen-bond donors (Lipinski definition) is 0. The summed E-state index contributed by atoms with van der Waals surface area (Å²) in [6, 6.07) is 9.22. The highest BCUT2D eigenvalue weighted by molar-refractivity contribution is 8.18. The van der Waals surface area contributed by atoms with E-state index in [-0.39, 0.29) is 5.91 Å². The number of benzene rings is 1. The summed E-state index contributed by atoms with van der Waals surface area (Å²) < 4.78 is 16.3. The first-order valence-corrected chi connectivity index (χ1v) is 9.86. The maximum atomic E-state index is 12.9. The summed E-state index contributed by atoms with van der Waals surface area (Å²) in [6.07, 6.45) is 1.78. The van der Waals surface area contributed by atoms with E-state index in [4.69, 9.17) is 14.2 Å². The zero-order valence-electron chi connectivity index (χ0n) is 17.1. The molecule has 0 unspecified atom stereocenters. The predicted octanol–water partition coefficient (Wildman–Crippen LogP) is 4.04. The van der Waals surface area contributed by atoms with Gasteiger partial charge < -0.3 is 14.2 Å². The lowest BCUT2D eigenvalue weighted by Crippen LogP contribution is -2.28. The van der Waals surface area contributed by atoms with Crippen molar-refractivity contribution >= 4 is 34.7 Å². The molecule has 0 aliphatic carbocycles. The number of amides is 1. The molecule has 0 N–H and O–H groups in total. The van der Waals surface area contributed by atoms with Gasteiger partial charge in [0.25, 0.3) is 5.91 Å². The fourth-order valence-corrected chi connectivity index (χ4v) is 3.98. The van der Waals surface area contributed by atoms with Crippen LogP contribution in [-0.2, 0) is 4.79 Å². The number of nitrogens with zero attached hydrogens (tertiary/aromatic N) is 3. The number of aromatic nitrogens is 1. The smallest absolute Gasteiger partial charge is 0.266 e. The van der Waals surface area contributed by atoms with Crippen LogP contribution >= 0.6 is 11.8 Å². The third-order valence-electron chi connectivity index (χ3n) is 4.31. The monoisotopic (exact) mass is 413 g/mol. The van der Waals surface area contributed by atoms with E-state index in [0.29, 0.717) is 45.2 Å². The van der Waals surface area contributed by atoms with Gasteiger partial charge in [0.15, 0.2) is 22.5 Å². The molecule has 0 radical (unpaired) electrons. The van der Waals surface area contributed by atoms with E-state index in [2.05, 4.69) is 9.98 Å². The SMILES string of the molecule is CCN1C(=O)/C(=C/c2ccc(OC)c(OC)c2OC)S/C1=N/c1cccc(C)n1. The third kappa shape index (κ3) is 4.22. The second-order valence-electron chi connectivity index (χ2n) is 6.12. The molecule has 152 valence electrons. The first-order valence-electron chi connectivity index (χ1n) is 9.05. The standard InChI is InChI=1S/C21H23N3O4S/c1-6-24-20(25)16(29-21(24)23-17-9-7-8-13(2)22-17)12-14-10-11-15(26-3)19(28-5)18(14)27-4/h7-12H,6H2,1-5H3/b16-12-,23-21+. The number of hydrogen-bond acceptors (Lipinski definition) is 7. The van der Waals surface area contributed by atoms with Gasteiger partial charge in [-0.1, -0.05) is 6.07 Å². The van der Waals surface area contributed by atoms with Crippen LogP contribution in [0.3, 0.4) is 0 Å². The number of carbonyl (C=O) groups is 1. The first kappa shape index (κ1) is 20.7. The van der Waals surface area contributed by atoms with Gasteiger partial charge >= 0.3 is 0 Å². The van der Waals surface area contributed by atoms with Gasteiger partial charge in [-0.3, -0.25) is 9.69 Å². The summed E-state index contributed by atoms with van der Waals surface area (Å²) in [4.78, 5) is 24.1. The van der Waals surface area contributed by atoms with Gasteiger partial charge in [-0.15, -0.1) is 0 Å². The van der Waals surface area contributed by atoms with Crippen molar-refractivity contribution in [2.24, 2.45) is 4.99 Å². The Balaban J connectivity index is 2.02. The molecule has 7 nitrogen and oxygen atoms in total. The van der Waals surface area contributed by atoms with Gasteiger partial charge in [0, 0.05) is 17.8 Å². The minimum atomic E-state index is -0.110. The van der Waals surface area contributed by atoms with E-state index in [1.165, 1.54) is 11.8 Å². The maximum Gasteiger partial charge on any atom is 0.266 e. The van der Waals surface area contributed by atoms with Crippen LogP contribution in [0.1, 0.15) is 18.2 Å². The highest BCUT2D eigenvalue weighted by Gasteiger charge is 2.33. The number of thioether (sulfide) groups is 1. The van der Waals surface area contributed by atoms with E-state index in [1.54, 1.807) is 38.4 Å². The quantitative estimate of drug-likeness (QED) is 0.666. The molecule has 0 atom stereocenters. The van der Waals surface area contributed by atoms with Gasteiger partial charge in [0.2, 0.25) is 5.75 Å². The number of aliphatic imine (C=N–C) groups is 1. The number of methoxy groups -OCH3 is 3. The Hall–Kier alpha value is -3.00. The number of ether oxygens (including phenoxy) is 3. The summed E-state index contributed by atoms with van der Waals surface area (Å²) in [5, 5.41) is 0.598. The Morgan fingerprint density at radius 1 is 1.10 bits per heavy atom. The van der Waals surface area contributed by atoms with Crippen LogP contribution in [0, 0.1) is 6.92 Å². The molecule has 1 aliphatic heterocycles. The van der Waals surface area contributed by atoms with E-state index in [0.717, 1.165) is 5.69 Å². The van der Waals surface area contributed by atoms with Crippen molar-refractivity contribution in [3.63, 3.8) is 0 Å². The van der Waals surface area contributed by atoms with Crippen LogP contribution in [0.4, 0.5) is 5.82 Å². The maximum absolute atomic E-state index is 12.9. The molecular formula is C21H23N3O4S. The molecular weight excluding hydrogens is 390 g/mol. The van der Waals surface area contributed by atoms with Gasteiger partial charge in [-0.05, 0) is 56.0 Å². The number of aryl methyl sites for hydroxylation is 1. The van der Waals surface area contributed by atoms with Crippen molar-refractivity contribution in [1.29, 1.82) is 0 Å². The molecule has 0 bridgehead atoms. The number of carbonyl (C=O) groups excluding carboxylic acids is 1. The topological polar surface area (TPSA) is 73.2 Å².